The Hall–Kier alpha value is -0.480. The van der Waals surface area contributed by atoms with E-state index >= 15 is 0 Å². The molecular formula is C11H22N2OS. The van der Waals surface area contributed by atoms with Gasteiger partial charge in [0.15, 0.2) is 0 Å². The Balaban J connectivity index is 4.32. The molecule has 0 saturated heterocycles. The molecule has 3 nitrogen and oxygen atoms in total. The lowest BCUT2D eigenvalue weighted by molar-refractivity contribution is -0.132. The predicted octanol–water partition coefficient (Wildman–Crippen LogP) is 1.49. The fourth-order valence-electron chi connectivity index (χ4n) is 1.42. The number of likely N-dealkylation sites (N-methyl/N-ethyl adjacent to an activating group) is 1. The van der Waals surface area contributed by atoms with Crippen LogP contribution in [0.15, 0.2) is 12.7 Å². The maximum absolute atomic E-state index is 11.9. The number of nitrogens with zero attached hydrogens (tertiary/aromatic N) is 1. The van der Waals surface area contributed by atoms with E-state index in [4.69, 9.17) is 5.73 Å². The Morgan fingerprint density at radius 1 is 1.67 bits per heavy atom. The van der Waals surface area contributed by atoms with E-state index in [-0.39, 0.29) is 11.9 Å². The van der Waals surface area contributed by atoms with Gasteiger partial charge < -0.3 is 10.6 Å². The van der Waals surface area contributed by atoms with Crippen LogP contribution in [0.3, 0.4) is 0 Å². The van der Waals surface area contributed by atoms with Gasteiger partial charge >= 0.3 is 0 Å². The van der Waals surface area contributed by atoms with Crippen LogP contribution in [0.1, 0.15) is 19.8 Å². The average molecular weight is 230 g/mol. The minimum absolute atomic E-state index is 0.0100. The molecule has 0 aliphatic heterocycles. The number of hydrogen-bond donors (Lipinski definition) is 1. The van der Waals surface area contributed by atoms with Crippen LogP contribution in [0, 0.1) is 0 Å². The monoisotopic (exact) mass is 230 g/mol. The zero-order valence-corrected chi connectivity index (χ0v) is 10.7. The lowest BCUT2D eigenvalue weighted by Gasteiger charge is -2.28. The van der Waals surface area contributed by atoms with Gasteiger partial charge in [-0.2, -0.15) is 11.8 Å². The van der Waals surface area contributed by atoms with Gasteiger partial charge in [-0.15, -0.1) is 6.58 Å². The second-order valence-electron chi connectivity index (χ2n) is 3.60. The van der Waals surface area contributed by atoms with Gasteiger partial charge in [-0.05, 0) is 19.1 Å². The summed E-state index contributed by atoms with van der Waals surface area (Å²) in [5, 5.41) is 0. The van der Waals surface area contributed by atoms with Crippen LogP contribution in [-0.4, -0.2) is 41.9 Å². The summed E-state index contributed by atoms with van der Waals surface area (Å²) in [6.07, 6.45) is 5.24. The highest BCUT2D eigenvalue weighted by Crippen LogP contribution is 2.10. The molecule has 0 aromatic carbocycles. The van der Waals surface area contributed by atoms with E-state index in [1.54, 1.807) is 22.7 Å². The maximum Gasteiger partial charge on any atom is 0.239 e. The lowest BCUT2D eigenvalue weighted by atomic mass is 10.1. The summed E-state index contributed by atoms with van der Waals surface area (Å²) in [6.45, 7) is 5.68. The van der Waals surface area contributed by atoms with E-state index in [9.17, 15) is 4.79 Å². The zero-order chi connectivity index (χ0) is 11.8. The standard InChI is InChI=1S/C11H22N2OS/c1-5-7-10(12)11(14)13(3)9(6-2)8-15-4/h5,9-10H,1,6-8,12H2,2-4H3. The molecule has 2 N–H and O–H groups in total. The second-order valence-corrected chi connectivity index (χ2v) is 4.51. The number of hydrogen-bond acceptors (Lipinski definition) is 3. The number of nitrogens with two attached hydrogens (primary N) is 1. The molecule has 15 heavy (non-hydrogen) atoms. The zero-order valence-electron chi connectivity index (χ0n) is 9.90. The summed E-state index contributed by atoms with van der Waals surface area (Å²) in [5.74, 6) is 0.968. The van der Waals surface area contributed by atoms with Gasteiger partial charge in [0, 0.05) is 18.8 Å². The summed E-state index contributed by atoms with van der Waals surface area (Å²) >= 11 is 1.75. The van der Waals surface area contributed by atoms with E-state index in [0.29, 0.717) is 6.42 Å². The van der Waals surface area contributed by atoms with Crippen molar-refractivity contribution in [2.24, 2.45) is 5.73 Å². The Bertz CT molecular complexity index is 209. The third-order valence-electron chi connectivity index (χ3n) is 2.46. The highest BCUT2D eigenvalue weighted by Gasteiger charge is 2.22. The SMILES string of the molecule is C=CCC(N)C(=O)N(C)C(CC)CSC. The van der Waals surface area contributed by atoms with Crippen LogP contribution in [0.2, 0.25) is 0 Å². The van der Waals surface area contributed by atoms with Crippen molar-refractivity contribution in [3.63, 3.8) is 0 Å². The third-order valence-corrected chi connectivity index (χ3v) is 3.18. The Morgan fingerprint density at radius 3 is 2.67 bits per heavy atom. The van der Waals surface area contributed by atoms with Crippen molar-refractivity contribution in [2.75, 3.05) is 19.1 Å². The summed E-state index contributed by atoms with van der Waals surface area (Å²) in [7, 11) is 1.83. The molecule has 0 bridgehead atoms. The van der Waals surface area contributed by atoms with Crippen molar-refractivity contribution in [3.8, 4) is 0 Å². The highest BCUT2D eigenvalue weighted by atomic mass is 32.2. The Labute approximate surface area is 97.1 Å². The third kappa shape index (κ3) is 4.71. The van der Waals surface area contributed by atoms with Gasteiger partial charge in [-0.25, -0.2) is 0 Å². The van der Waals surface area contributed by atoms with Gasteiger partial charge in [-0.1, -0.05) is 13.0 Å². The van der Waals surface area contributed by atoms with Gasteiger partial charge in [-0.3, -0.25) is 4.79 Å². The van der Waals surface area contributed by atoms with Crippen LogP contribution in [-0.2, 0) is 4.79 Å². The van der Waals surface area contributed by atoms with Crippen LogP contribution in [0.25, 0.3) is 0 Å². The Kier molecular flexibility index (Phi) is 7.52. The number of thioether (sulfide) groups is 1. The van der Waals surface area contributed by atoms with E-state index in [1.165, 1.54) is 0 Å². The molecule has 0 aliphatic carbocycles. The van der Waals surface area contributed by atoms with E-state index < -0.39 is 6.04 Å². The van der Waals surface area contributed by atoms with Crippen LogP contribution >= 0.6 is 11.8 Å². The topological polar surface area (TPSA) is 46.3 Å². The molecule has 0 radical (unpaired) electrons. The van der Waals surface area contributed by atoms with Crippen molar-refractivity contribution < 1.29 is 4.79 Å². The first kappa shape index (κ1) is 14.5. The molecule has 0 aromatic heterocycles. The number of amides is 1. The van der Waals surface area contributed by atoms with E-state index in [2.05, 4.69) is 13.5 Å². The molecule has 0 heterocycles. The molecule has 2 atom stereocenters. The molecule has 0 fully saturated rings. The van der Waals surface area contributed by atoms with E-state index in [1.807, 2.05) is 13.3 Å². The van der Waals surface area contributed by atoms with Gasteiger partial charge in [0.1, 0.15) is 0 Å². The molecule has 0 rings (SSSR count). The van der Waals surface area contributed by atoms with Crippen LogP contribution in [0.5, 0.6) is 0 Å². The lowest BCUT2D eigenvalue weighted by Crippen LogP contribution is -2.47. The quantitative estimate of drug-likeness (QED) is 0.674. The number of carbonyl (C=O) groups is 1. The molecule has 4 heteroatoms. The van der Waals surface area contributed by atoms with Gasteiger partial charge in [0.2, 0.25) is 5.91 Å². The summed E-state index contributed by atoms with van der Waals surface area (Å²) in [5.41, 5.74) is 5.75. The number of carbonyl (C=O) groups excluding carboxylic acids is 1. The van der Waals surface area contributed by atoms with Crippen LogP contribution in [0.4, 0.5) is 0 Å². The first-order valence-corrected chi connectivity index (χ1v) is 6.59. The van der Waals surface area contributed by atoms with Crippen molar-refractivity contribution in [1.29, 1.82) is 0 Å². The molecule has 0 aliphatic rings. The molecule has 0 aromatic rings. The predicted molar refractivity (Wildman–Crippen MR) is 68.0 cm³/mol. The largest absolute Gasteiger partial charge is 0.341 e. The molecule has 88 valence electrons. The summed E-state index contributed by atoms with van der Waals surface area (Å²) in [6, 6.07) is -0.160. The molecule has 0 spiro atoms. The summed E-state index contributed by atoms with van der Waals surface area (Å²) in [4.78, 5) is 13.6. The second kappa shape index (κ2) is 7.77. The molecule has 1 amide bonds. The Morgan fingerprint density at radius 2 is 2.27 bits per heavy atom. The number of rotatable bonds is 7. The maximum atomic E-state index is 11.9. The van der Waals surface area contributed by atoms with Crippen molar-refractivity contribution in [1.82, 2.24) is 4.90 Å². The molecule has 2 unspecified atom stereocenters. The van der Waals surface area contributed by atoms with Crippen molar-refractivity contribution in [3.05, 3.63) is 12.7 Å². The van der Waals surface area contributed by atoms with Crippen molar-refractivity contribution in [2.45, 2.75) is 31.8 Å². The minimum atomic E-state index is -0.441. The molecule has 0 saturated carbocycles. The average Bonchev–Trinajstić information content (AvgIpc) is 2.24. The van der Waals surface area contributed by atoms with E-state index in [0.717, 1.165) is 12.2 Å². The fraction of sp³-hybridized carbons (Fsp3) is 0.727. The highest BCUT2D eigenvalue weighted by molar-refractivity contribution is 7.98. The minimum Gasteiger partial charge on any atom is -0.341 e. The normalized spacial score (nSPS) is 14.4. The first-order chi connectivity index (χ1) is 7.08. The smallest absolute Gasteiger partial charge is 0.239 e. The first-order valence-electron chi connectivity index (χ1n) is 5.20. The van der Waals surface area contributed by atoms with Crippen LogP contribution < -0.4 is 5.73 Å². The van der Waals surface area contributed by atoms with Gasteiger partial charge in [0.05, 0.1) is 6.04 Å². The summed E-state index contributed by atoms with van der Waals surface area (Å²) < 4.78 is 0. The fourth-order valence-corrected chi connectivity index (χ4v) is 2.26. The van der Waals surface area contributed by atoms with Gasteiger partial charge in [0.25, 0.3) is 0 Å². The molecular weight excluding hydrogens is 208 g/mol. The van der Waals surface area contributed by atoms with Crippen molar-refractivity contribution >= 4 is 17.7 Å².